The highest BCUT2D eigenvalue weighted by atomic mass is 19.1. The first-order valence-corrected chi connectivity index (χ1v) is 5.93. The number of halogens is 1. The lowest BCUT2D eigenvalue weighted by Gasteiger charge is -2.23. The van der Waals surface area contributed by atoms with Gasteiger partial charge in [0.2, 0.25) is 5.91 Å². The van der Waals surface area contributed by atoms with Gasteiger partial charge in [-0.25, -0.2) is 4.39 Å². The van der Waals surface area contributed by atoms with Crippen molar-refractivity contribution in [3.05, 3.63) is 24.0 Å². The molecule has 1 saturated carbocycles. The number of ether oxygens (including phenoxy) is 1. The van der Waals surface area contributed by atoms with Gasteiger partial charge in [0.25, 0.3) is 0 Å². The summed E-state index contributed by atoms with van der Waals surface area (Å²) in [7, 11) is 0. The van der Waals surface area contributed by atoms with Crippen LogP contribution in [0.1, 0.15) is 25.7 Å². The smallest absolute Gasteiger partial charge is 0.234 e. The molecule has 0 unspecified atom stereocenters. The molecule has 1 N–H and O–H groups in total. The van der Waals surface area contributed by atoms with Crippen LogP contribution in [-0.2, 0) is 4.79 Å². The molecule has 1 spiro atoms. The number of rotatable bonds is 0. The second-order valence-corrected chi connectivity index (χ2v) is 4.87. The Hall–Kier alpha value is -1.58. The first kappa shape index (κ1) is 10.6. The zero-order valence-electron chi connectivity index (χ0n) is 9.46. The number of anilines is 1. The van der Waals surface area contributed by atoms with Crippen molar-refractivity contribution in [3.8, 4) is 5.75 Å². The SMILES string of the molecule is O=C1Nc2ccc(F)cc2OCC12CCCC2. The summed E-state index contributed by atoms with van der Waals surface area (Å²) in [4.78, 5) is 12.2. The lowest BCUT2D eigenvalue weighted by Crippen LogP contribution is -2.37. The molecule has 90 valence electrons. The molecule has 1 aromatic carbocycles. The molecule has 17 heavy (non-hydrogen) atoms. The Morgan fingerprint density at radius 1 is 1.29 bits per heavy atom. The summed E-state index contributed by atoms with van der Waals surface area (Å²) < 4.78 is 18.7. The molecule has 1 aromatic rings. The number of benzene rings is 1. The first-order valence-electron chi connectivity index (χ1n) is 5.93. The van der Waals surface area contributed by atoms with Crippen LogP contribution in [-0.4, -0.2) is 12.5 Å². The predicted octanol–water partition coefficient (Wildman–Crippen LogP) is 2.72. The van der Waals surface area contributed by atoms with Crippen LogP contribution >= 0.6 is 0 Å². The zero-order chi connectivity index (χ0) is 11.9. The number of nitrogens with one attached hydrogen (secondary N) is 1. The van der Waals surface area contributed by atoms with Crippen molar-refractivity contribution in [1.29, 1.82) is 0 Å². The molecule has 0 bridgehead atoms. The second kappa shape index (κ2) is 3.72. The quantitative estimate of drug-likeness (QED) is 0.750. The van der Waals surface area contributed by atoms with E-state index < -0.39 is 5.41 Å². The van der Waals surface area contributed by atoms with E-state index in [1.54, 1.807) is 6.07 Å². The highest BCUT2D eigenvalue weighted by Gasteiger charge is 2.43. The lowest BCUT2D eigenvalue weighted by atomic mass is 9.86. The summed E-state index contributed by atoms with van der Waals surface area (Å²) in [5, 5.41) is 2.85. The second-order valence-electron chi connectivity index (χ2n) is 4.87. The maximum atomic E-state index is 13.1. The fraction of sp³-hybridized carbons (Fsp3) is 0.462. The molecule has 1 aliphatic heterocycles. The summed E-state index contributed by atoms with van der Waals surface area (Å²) in [5.74, 6) is 0.0999. The Morgan fingerprint density at radius 3 is 2.82 bits per heavy atom. The molecule has 0 aromatic heterocycles. The van der Waals surface area contributed by atoms with Crippen molar-refractivity contribution in [2.24, 2.45) is 5.41 Å². The Balaban J connectivity index is 1.96. The molecule has 1 fully saturated rings. The van der Waals surface area contributed by atoms with Crippen LogP contribution < -0.4 is 10.1 Å². The van der Waals surface area contributed by atoms with Gasteiger partial charge in [-0.15, -0.1) is 0 Å². The summed E-state index contributed by atoms with van der Waals surface area (Å²) in [6.07, 6.45) is 3.83. The van der Waals surface area contributed by atoms with Crippen molar-refractivity contribution < 1.29 is 13.9 Å². The highest BCUT2D eigenvalue weighted by Crippen LogP contribution is 2.42. The molecular formula is C13H14FNO2. The van der Waals surface area contributed by atoms with Gasteiger partial charge in [-0.3, -0.25) is 4.79 Å². The van der Waals surface area contributed by atoms with Crippen molar-refractivity contribution in [2.45, 2.75) is 25.7 Å². The van der Waals surface area contributed by atoms with E-state index >= 15 is 0 Å². The molecule has 3 rings (SSSR count). The first-order chi connectivity index (χ1) is 8.20. The largest absolute Gasteiger partial charge is 0.490 e. The fourth-order valence-electron chi connectivity index (χ4n) is 2.68. The van der Waals surface area contributed by atoms with E-state index in [9.17, 15) is 9.18 Å². The highest BCUT2D eigenvalue weighted by molar-refractivity contribution is 5.97. The summed E-state index contributed by atoms with van der Waals surface area (Å²) in [6, 6.07) is 4.20. The maximum absolute atomic E-state index is 13.1. The Kier molecular flexibility index (Phi) is 2.31. The van der Waals surface area contributed by atoms with E-state index in [1.807, 2.05) is 0 Å². The van der Waals surface area contributed by atoms with Crippen LogP contribution in [0.25, 0.3) is 0 Å². The van der Waals surface area contributed by atoms with Crippen LogP contribution in [0, 0.1) is 11.2 Å². The lowest BCUT2D eigenvalue weighted by molar-refractivity contribution is -0.126. The van der Waals surface area contributed by atoms with E-state index in [2.05, 4.69) is 5.32 Å². The van der Waals surface area contributed by atoms with E-state index in [0.717, 1.165) is 25.7 Å². The molecule has 1 aliphatic carbocycles. The standard InChI is InChI=1S/C13H14FNO2/c14-9-3-4-10-11(7-9)17-8-13(12(16)15-10)5-1-2-6-13/h3-4,7H,1-2,5-6,8H2,(H,15,16). The van der Waals surface area contributed by atoms with Crippen LogP contribution in [0.15, 0.2) is 18.2 Å². The van der Waals surface area contributed by atoms with Crippen LogP contribution in [0.2, 0.25) is 0 Å². The van der Waals surface area contributed by atoms with E-state index in [1.165, 1.54) is 12.1 Å². The van der Waals surface area contributed by atoms with Crippen molar-refractivity contribution >= 4 is 11.6 Å². The van der Waals surface area contributed by atoms with Crippen molar-refractivity contribution in [3.63, 3.8) is 0 Å². The number of carbonyl (C=O) groups is 1. The third kappa shape index (κ3) is 1.68. The molecule has 0 saturated heterocycles. The monoisotopic (exact) mass is 235 g/mol. The van der Waals surface area contributed by atoms with E-state index in [0.29, 0.717) is 18.0 Å². The van der Waals surface area contributed by atoms with E-state index in [-0.39, 0.29) is 11.7 Å². The van der Waals surface area contributed by atoms with Gasteiger partial charge in [-0.2, -0.15) is 0 Å². The minimum Gasteiger partial charge on any atom is -0.490 e. The fourth-order valence-corrected chi connectivity index (χ4v) is 2.68. The molecule has 1 heterocycles. The predicted molar refractivity (Wildman–Crippen MR) is 61.4 cm³/mol. The Morgan fingerprint density at radius 2 is 2.06 bits per heavy atom. The maximum Gasteiger partial charge on any atom is 0.234 e. The summed E-state index contributed by atoms with van der Waals surface area (Å²) in [6.45, 7) is 0.356. The van der Waals surface area contributed by atoms with Gasteiger partial charge >= 0.3 is 0 Å². The van der Waals surface area contributed by atoms with Gasteiger partial charge in [0.15, 0.2) is 0 Å². The minimum atomic E-state index is -0.407. The molecule has 1 amide bonds. The van der Waals surface area contributed by atoms with Gasteiger partial charge in [-0.1, -0.05) is 12.8 Å². The molecule has 3 nitrogen and oxygen atoms in total. The van der Waals surface area contributed by atoms with Gasteiger partial charge in [0, 0.05) is 6.07 Å². The van der Waals surface area contributed by atoms with Crippen LogP contribution in [0.3, 0.4) is 0 Å². The van der Waals surface area contributed by atoms with Crippen LogP contribution in [0.4, 0.5) is 10.1 Å². The van der Waals surface area contributed by atoms with Crippen molar-refractivity contribution in [2.75, 3.05) is 11.9 Å². The third-order valence-electron chi connectivity index (χ3n) is 3.74. The average molecular weight is 235 g/mol. The topological polar surface area (TPSA) is 38.3 Å². The minimum absolute atomic E-state index is 0.0142. The van der Waals surface area contributed by atoms with Gasteiger partial charge in [0.05, 0.1) is 11.1 Å². The zero-order valence-corrected chi connectivity index (χ0v) is 9.46. The number of hydrogen-bond acceptors (Lipinski definition) is 2. The van der Waals surface area contributed by atoms with Crippen LogP contribution in [0.5, 0.6) is 5.75 Å². The number of fused-ring (bicyclic) bond motifs is 1. The number of carbonyl (C=O) groups excluding carboxylic acids is 1. The third-order valence-corrected chi connectivity index (χ3v) is 3.74. The van der Waals surface area contributed by atoms with Gasteiger partial charge in [0.1, 0.15) is 18.2 Å². The Bertz CT molecular complexity index is 466. The number of hydrogen-bond donors (Lipinski definition) is 1. The number of amides is 1. The normalized spacial score (nSPS) is 21.6. The van der Waals surface area contributed by atoms with Gasteiger partial charge in [-0.05, 0) is 25.0 Å². The molecule has 4 heteroatoms. The molecule has 0 radical (unpaired) electrons. The Labute approximate surface area is 99.0 Å². The van der Waals surface area contributed by atoms with Gasteiger partial charge < -0.3 is 10.1 Å². The molecule has 0 atom stereocenters. The van der Waals surface area contributed by atoms with E-state index in [4.69, 9.17) is 4.74 Å². The van der Waals surface area contributed by atoms with Crippen molar-refractivity contribution in [1.82, 2.24) is 0 Å². The molecule has 2 aliphatic rings. The summed E-state index contributed by atoms with van der Waals surface area (Å²) >= 11 is 0. The summed E-state index contributed by atoms with van der Waals surface area (Å²) in [5.41, 5.74) is 0.162. The molecular weight excluding hydrogens is 221 g/mol. The average Bonchev–Trinajstić information content (AvgIpc) is 2.74.